The Labute approximate surface area is 126 Å². The first kappa shape index (κ1) is 15.2. The molecule has 0 saturated carbocycles. The molecule has 0 amide bonds. The molecule has 3 rings (SSSR count). The van der Waals surface area contributed by atoms with Crippen LogP contribution in [0.5, 0.6) is 0 Å². The summed E-state index contributed by atoms with van der Waals surface area (Å²) >= 11 is 1.68. The van der Waals surface area contributed by atoms with Crippen LogP contribution in [0.2, 0.25) is 0 Å². The van der Waals surface area contributed by atoms with Crippen molar-refractivity contribution in [1.29, 1.82) is 0 Å². The third-order valence-corrected chi connectivity index (χ3v) is 7.02. The Morgan fingerprint density at radius 3 is 2.90 bits per heavy atom. The summed E-state index contributed by atoms with van der Waals surface area (Å²) in [6, 6.07) is 2.38. The van der Waals surface area contributed by atoms with Crippen LogP contribution in [0.1, 0.15) is 6.42 Å². The molecule has 8 heteroatoms. The van der Waals surface area contributed by atoms with E-state index in [0.717, 1.165) is 12.1 Å². The number of sulfonamides is 1. The Hall–Kier alpha value is -0.700. The fraction of sp³-hybridized carbons (Fsp3) is 0.538. The molecule has 0 spiro atoms. The lowest BCUT2D eigenvalue weighted by Gasteiger charge is -2.42. The smallest absolute Gasteiger partial charge is 0.246 e. The highest BCUT2D eigenvalue weighted by molar-refractivity contribution is 8.00. The van der Waals surface area contributed by atoms with Crippen molar-refractivity contribution in [1.82, 2.24) is 4.31 Å². The lowest BCUT2D eigenvalue weighted by atomic mass is 10.1. The minimum Gasteiger partial charge on any atom is -0.380 e. The van der Waals surface area contributed by atoms with Gasteiger partial charge in [0.25, 0.3) is 0 Å². The van der Waals surface area contributed by atoms with E-state index in [-0.39, 0.29) is 11.3 Å². The summed E-state index contributed by atoms with van der Waals surface area (Å²) in [5.41, 5.74) is 0. The van der Waals surface area contributed by atoms with Crippen LogP contribution >= 0.6 is 11.8 Å². The number of ether oxygens (including phenoxy) is 1. The van der Waals surface area contributed by atoms with Gasteiger partial charge in [-0.25, -0.2) is 17.2 Å². The number of rotatable bonds is 2. The van der Waals surface area contributed by atoms with Crippen molar-refractivity contribution in [3.8, 4) is 0 Å². The molecule has 0 N–H and O–H groups in total. The van der Waals surface area contributed by atoms with Crippen LogP contribution < -0.4 is 0 Å². The molecule has 2 fully saturated rings. The van der Waals surface area contributed by atoms with Crippen molar-refractivity contribution in [2.75, 3.05) is 25.5 Å². The Balaban J connectivity index is 1.96. The van der Waals surface area contributed by atoms with Gasteiger partial charge in [-0.2, -0.15) is 16.1 Å². The average molecular weight is 335 g/mol. The van der Waals surface area contributed by atoms with E-state index in [9.17, 15) is 17.2 Å². The molecule has 0 aliphatic carbocycles. The van der Waals surface area contributed by atoms with Crippen molar-refractivity contribution < 1.29 is 21.9 Å². The standard InChI is InChI=1S/C13H15F2NO3S2/c14-9-1-2-13(10(15)7-9)21(17,18)16-4-6-20-12-8-19-5-3-11(12)16/h1-2,7,11-12H,3-6,8H2/t11-,12-/m1/s1. The molecular weight excluding hydrogens is 320 g/mol. The summed E-state index contributed by atoms with van der Waals surface area (Å²) in [5, 5.41) is 0.0748. The summed E-state index contributed by atoms with van der Waals surface area (Å²) in [7, 11) is -3.96. The van der Waals surface area contributed by atoms with Gasteiger partial charge >= 0.3 is 0 Å². The summed E-state index contributed by atoms with van der Waals surface area (Å²) < 4.78 is 58.9. The molecule has 2 heterocycles. The monoisotopic (exact) mass is 335 g/mol. The Kier molecular flexibility index (Phi) is 4.22. The van der Waals surface area contributed by atoms with Crippen LogP contribution in [-0.2, 0) is 14.8 Å². The van der Waals surface area contributed by atoms with Crippen molar-refractivity contribution >= 4 is 21.8 Å². The fourth-order valence-electron chi connectivity index (χ4n) is 2.76. The van der Waals surface area contributed by atoms with Crippen molar-refractivity contribution in [2.45, 2.75) is 22.6 Å². The van der Waals surface area contributed by atoms with E-state index in [2.05, 4.69) is 0 Å². The van der Waals surface area contributed by atoms with E-state index in [1.54, 1.807) is 11.8 Å². The van der Waals surface area contributed by atoms with E-state index in [0.29, 0.717) is 38.0 Å². The van der Waals surface area contributed by atoms with Gasteiger partial charge in [-0.05, 0) is 18.6 Å². The molecule has 4 nitrogen and oxygen atoms in total. The van der Waals surface area contributed by atoms with Crippen LogP contribution in [-0.4, -0.2) is 49.5 Å². The second-order valence-corrected chi connectivity index (χ2v) is 8.24. The SMILES string of the molecule is O=S(=O)(c1ccc(F)cc1F)N1CCS[C@@H]2COCC[C@H]21. The van der Waals surface area contributed by atoms with Gasteiger partial charge in [0.05, 0.1) is 6.61 Å². The molecule has 0 bridgehead atoms. The quantitative estimate of drug-likeness (QED) is 0.828. The molecule has 2 aliphatic heterocycles. The number of halogens is 2. The van der Waals surface area contributed by atoms with Gasteiger partial charge in [0.15, 0.2) is 0 Å². The summed E-state index contributed by atoms with van der Waals surface area (Å²) in [4.78, 5) is -0.457. The molecule has 2 saturated heterocycles. The predicted molar refractivity (Wildman–Crippen MR) is 75.7 cm³/mol. The predicted octanol–water partition coefficient (Wildman–Crippen LogP) is 1.86. The average Bonchev–Trinajstić information content (AvgIpc) is 2.46. The zero-order valence-corrected chi connectivity index (χ0v) is 12.8. The number of nitrogens with zero attached hydrogens (tertiary/aromatic N) is 1. The molecule has 21 heavy (non-hydrogen) atoms. The van der Waals surface area contributed by atoms with Crippen LogP contribution in [0.15, 0.2) is 23.1 Å². The fourth-order valence-corrected chi connectivity index (χ4v) is 5.99. The highest BCUT2D eigenvalue weighted by Gasteiger charge is 2.41. The number of hydrogen-bond acceptors (Lipinski definition) is 4. The third-order valence-electron chi connectivity index (χ3n) is 3.76. The van der Waals surface area contributed by atoms with Crippen LogP contribution in [0.25, 0.3) is 0 Å². The van der Waals surface area contributed by atoms with Crippen molar-refractivity contribution in [3.63, 3.8) is 0 Å². The minimum absolute atomic E-state index is 0.0748. The van der Waals surface area contributed by atoms with Crippen LogP contribution in [0.4, 0.5) is 8.78 Å². The van der Waals surface area contributed by atoms with Gasteiger partial charge in [0.1, 0.15) is 16.5 Å². The van der Waals surface area contributed by atoms with Crippen LogP contribution in [0.3, 0.4) is 0 Å². The maximum absolute atomic E-state index is 13.8. The molecule has 2 aliphatic rings. The molecule has 2 atom stereocenters. The molecule has 0 aromatic heterocycles. The highest BCUT2D eigenvalue weighted by atomic mass is 32.2. The zero-order valence-electron chi connectivity index (χ0n) is 11.2. The minimum atomic E-state index is -3.96. The van der Waals surface area contributed by atoms with E-state index >= 15 is 0 Å². The van der Waals surface area contributed by atoms with Crippen LogP contribution in [0, 0.1) is 11.6 Å². The van der Waals surface area contributed by atoms with Gasteiger partial charge in [-0.1, -0.05) is 0 Å². The Bertz CT molecular complexity index is 636. The molecule has 1 aromatic rings. The van der Waals surface area contributed by atoms with E-state index in [4.69, 9.17) is 4.74 Å². The lowest BCUT2D eigenvalue weighted by Crippen LogP contribution is -2.54. The second-order valence-electron chi connectivity index (χ2n) is 5.03. The van der Waals surface area contributed by atoms with Gasteiger partial charge in [-0.15, -0.1) is 0 Å². The maximum Gasteiger partial charge on any atom is 0.246 e. The van der Waals surface area contributed by atoms with Gasteiger partial charge < -0.3 is 4.74 Å². The second kappa shape index (κ2) is 5.83. The molecule has 0 unspecified atom stereocenters. The zero-order chi connectivity index (χ0) is 15.0. The Morgan fingerprint density at radius 1 is 1.33 bits per heavy atom. The normalized spacial score (nSPS) is 27.3. The first-order chi connectivity index (χ1) is 10.00. The number of fused-ring (bicyclic) bond motifs is 1. The molecular formula is C13H15F2NO3S2. The van der Waals surface area contributed by atoms with Gasteiger partial charge in [0.2, 0.25) is 10.0 Å². The topological polar surface area (TPSA) is 46.6 Å². The van der Waals surface area contributed by atoms with Gasteiger partial charge in [-0.3, -0.25) is 0 Å². The number of benzene rings is 1. The lowest BCUT2D eigenvalue weighted by molar-refractivity contribution is 0.0625. The maximum atomic E-state index is 13.8. The molecule has 1 aromatic carbocycles. The summed E-state index contributed by atoms with van der Waals surface area (Å²) in [6.45, 7) is 1.35. The molecule has 0 radical (unpaired) electrons. The van der Waals surface area contributed by atoms with Crippen molar-refractivity contribution in [3.05, 3.63) is 29.8 Å². The molecule has 116 valence electrons. The number of hydrogen-bond donors (Lipinski definition) is 0. The Morgan fingerprint density at radius 2 is 2.14 bits per heavy atom. The summed E-state index contributed by atoms with van der Waals surface area (Å²) in [6.07, 6.45) is 0.597. The first-order valence-corrected chi connectivity index (χ1v) is 9.15. The van der Waals surface area contributed by atoms with E-state index < -0.39 is 26.6 Å². The first-order valence-electron chi connectivity index (χ1n) is 6.66. The summed E-state index contributed by atoms with van der Waals surface area (Å²) in [5.74, 6) is -1.19. The largest absolute Gasteiger partial charge is 0.380 e. The van der Waals surface area contributed by atoms with E-state index in [1.165, 1.54) is 4.31 Å². The highest BCUT2D eigenvalue weighted by Crippen LogP contribution is 2.34. The number of thioether (sulfide) groups is 1. The van der Waals surface area contributed by atoms with Gasteiger partial charge in [0, 0.05) is 36.3 Å². The van der Waals surface area contributed by atoms with Crippen molar-refractivity contribution in [2.24, 2.45) is 0 Å². The van der Waals surface area contributed by atoms with E-state index in [1.807, 2.05) is 0 Å². The third kappa shape index (κ3) is 2.81.